The highest BCUT2D eigenvalue weighted by molar-refractivity contribution is 5.92. The third-order valence-electron chi connectivity index (χ3n) is 5.81. The number of carbonyl (C=O) groups is 2. The molecule has 1 fully saturated rings. The fraction of sp³-hybridized carbons (Fsp3) is 0.571. The van der Waals surface area contributed by atoms with Crippen LogP contribution in [-0.2, 0) is 23.2 Å². The molecular formula is C21H28N6O2. The van der Waals surface area contributed by atoms with E-state index in [1.807, 2.05) is 17.2 Å². The number of H-pyrrole nitrogens is 1. The van der Waals surface area contributed by atoms with E-state index in [-0.39, 0.29) is 23.3 Å². The van der Waals surface area contributed by atoms with Crippen LogP contribution in [0.15, 0.2) is 12.3 Å². The van der Waals surface area contributed by atoms with Crippen LogP contribution in [0.3, 0.4) is 0 Å². The van der Waals surface area contributed by atoms with Gasteiger partial charge in [-0.15, -0.1) is 0 Å². The number of hydrogen-bond donors (Lipinski definition) is 1. The Morgan fingerprint density at radius 2 is 2.03 bits per heavy atom. The number of amides is 2. The molecule has 4 rings (SSSR count). The van der Waals surface area contributed by atoms with Crippen molar-refractivity contribution >= 4 is 11.8 Å². The molecule has 0 bridgehead atoms. The Morgan fingerprint density at radius 3 is 2.72 bits per heavy atom. The topological polar surface area (TPSA) is 95.1 Å². The maximum atomic E-state index is 13.1. The van der Waals surface area contributed by atoms with Crippen molar-refractivity contribution in [2.75, 3.05) is 13.1 Å². The lowest BCUT2D eigenvalue weighted by Crippen LogP contribution is -2.36. The number of rotatable bonds is 2. The Labute approximate surface area is 170 Å². The van der Waals surface area contributed by atoms with E-state index in [4.69, 9.17) is 4.98 Å². The minimum absolute atomic E-state index is 0.0703. The van der Waals surface area contributed by atoms with Crippen LogP contribution >= 0.6 is 0 Å². The summed E-state index contributed by atoms with van der Waals surface area (Å²) >= 11 is 0. The summed E-state index contributed by atoms with van der Waals surface area (Å²) in [5.74, 6) is 0.682. The van der Waals surface area contributed by atoms with Crippen molar-refractivity contribution in [2.24, 2.45) is 0 Å². The zero-order valence-corrected chi connectivity index (χ0v) is 17.5. The molecule has 2 aliphatic rings. The Morgan fingerprint density at radius 1 is 1.24 bits per heavy atom. The zero-order valence-electron chi connectivity index (χ0n) is 17.5. The lowest BCUT2D eigenvalue weighted by atomic mass is 9.92. The summed E-state index contributed by atoms with van der Waals surface area (Å²) in [7, 11) is 0. The molecular weight excluding hydrogens is 368 g/mol. The first-order valence-electron chi connectivity index (χ1n) is 10.2. The fourth-order valence-corrected chi connectivity index (χ4v) is 4.00. The molecule has 1 saturated heterocycles. The van der Waals surface area contributed by atoms with E-state index in [0.29, 0.717) is 31.2 Å². The van der Waals surface area contributed by atoms with Crippen molar-refractivity contribution in [3.05, 3.63) is 40.7 Å². The molecule has 8 nitrogen and oxygen atoms in total. The number of aromatic amines is 1. The average Bonchev–Trinajstić information content (AvgIpc) is 3.36. The predicted molar refractivity (Wildman–Crippen MR) is 107 cm³/mol. The first-order valence-corrected chi connectivity index (χ1v) is 10.2. The number of nitrogens with zero attached hydrogens (tertiary/aromatic N) is 5. The molecule has 2 aromatic heterocycles. The van der Waals surface area contributed by atoms with Gasteiger partial charge in [0.1, 0.15) is 5.69 Å². The van der Waals surface area contributed by atoms with Crippen LogP contribution in [0.1, 0.15) is 79.8 Å². The quantitative estimate of drug-likeness (QED) is 0.841. The summed E-state index contributed by atoms with van der Waals surface area (Å²) in [6, 6.07) is 1.72. The molecule has 8 heteroatoms. The molecule has 0 aliphatic carbocycles. The standard InChI is InChI=1S/C21H28N6O2/c1-13(28)26-9-7-15-14(12-26)11-22-19(23-15)17-6-5-8-27(17)20(29)16-10-18(25-24-16)21(2,3)4/h10-11,17H,5-9,12H2,1-4H3,(H,24,25). The van der Waals surface area contributed by atoms with Gasteiger partial charge < -0.3 is 9.80 Å². The summed E-state index contributed by atoms with van der Waals surface area (Å²) in [5, 5.41) is 7.25. The molecule has 154 valence electrons. The van der Waals surface area contributed by atoms with Crippen molar-refractivity contribution in [3.8, 4) is 0 Å². The monoisotopic (exact) mass is 396 g/mol. The van der Waals surface area contributed by atoms with E-state index >= 15 is 0 Å². The Hall–Kier alpha value is -2.77. The van der Waals surface area contributed by atoms with Crippen LogP contribution in [0.5, 0.6) is 0 Å². The first-order chi connectivity index (χ1) is 13.7. The molecule has 1 unspecified atom stereocenters. The van der Waals surface area contributed by atoms with Crippen molar-refractivity contribution < 1.29 is 9.59 Å². The SMILES string of the molecule is CC(=O)N1CCc2nc(C3CCCN3C(=O)c3cc(C(C)(C)C)[nH]n3)ncc2C1. The molecule has 0 spiro atoms. The Balaban J connectivity index is 1.55. The van der Waals surface area contributed by atoms with E-state index in [1.54, 1.807) is 11.8 Å². The number of carbonyl (C=O) groups excluding carboxylic acids is 2. The van der Waals surface area contributed by atoms with Gasteiger partial charge in [-0.25, -0.2) is 9.97 Å². The van der Waals surface area contributed by atoms with Gasteiger partial charge in [0.05, 0.1) is 11.7 Å². The number of nitrogens with one attached hydrogen (secondary N) is 1. The van der Waals surface area contributed by atoms with E-state index < -0.39 is 0 Å². The maximum Gasteiger partial charge on any atom is 0.274 e. The number of fused-ring (bicyclic) bond motifs is 1. The van der Waals surface area contributed by atoms with Gasteiger partial charge in [-0.2, -0.15) is 5.10 Å². The number of likely N-dealkylation sites (tertiary alicyclic amines) is 1. The van der Waals surface area contributed by atoms with Crippen LogP contribution < -0.4 is 0 Å². The fourth-order valence-electron chi connectivity index (χ4n) is 4.00. The van der Waals surface area contributed by atoms with Gasteiger partial charge in [-0.1, -0.05) is 20.8 Å². The second-order valence-corrected chi connectivity index (χ2v) is 8.96. The lowest BCUT2D eigenvalue weighted by molar-refractivity contribution is -0.129. The summed E-state index contributed by atoms with van der Waals surface area (Å²) in [5.41, 5.74) is 3.27. The highest BCUT2D eigenvalue weighted by Crippen LogP contribution is 2.32. The molecule has 2 amide bonds. The van der Waals surface area contributed by atoms with Gasteiger partial charge in [-0.3, -0.25) is 14.7 Å². The second kappa shape index (κ2) is 7.24. The highest BCUT2D eigenvalue weighted by Gasteiger charge is 2.35. The largest absolute Gasteiger partial charge is 0.338 e. The minimum Gasteiger partial charge on any atom is -0.338 e. The van der Waals surface area contributed by atoms with Crippen LogP contribution in [-0.4, -0.2) is 54.9 Å². The van der Waals surface area contributed by atoms with Crippen LogP contribution in [0.4, 0.5) is 0 Å². The summed E-state index contributed by atoms with van der Waals surface area (Å²) in [6.45, 7) is 9.75. The summed E-state index contributed by atoms with van der Waals surface area (Å²) < 4.78 is 0. The molecule has 2 aromatic rings. The summed E-state index contributed by atoms with van der Waals surface area (Å²) in [6.07, 6.45) is 4.31. The molecule has 2 aliphatic heterocycles. The van der Waals surface area contributed by atoms with Gasteiger partial charge in [0, 0.05) is 55.8 Å². The lowest BCUT2D eigenvalue weighted by Gasteiger charge is -2.28. The minimum atomic E-state index is -0.131. The molecule has 0 saturated carbocycles. The van der Waals surface area contributed by atoms with E-state index in [9.17, 15) is 9.59 Å². The van der Waals surface area contributed by atoms with Crippen molar-refractivity contribution in [1.82, 2.24) is 30.0 Å². The first kappa shape index (κ1) is 19.5. The molecule has 29 heavy (non-hydrogen) atoms. The molecule has 0 aromatic carbocycles. The summed E-state index contributed by atoms with van der Waals surface area (Å²) in [4.78, 5) is 37.8. The van der Waals surface area contributed by atoms with Crippen molar-refractivity contribution in [2.45, 2.75) is 65.0 Å². The van der Waals surface area contributed by atoms with Gasteiger partial charge in [0.2, 0.25) is 5.91 Å². The molecule has 1 atom stereocenters. The second-order valence-electron chi connectivity index (χ2n) is 8.96. The van der Waals surface area contributed by atoms with E-state index in [1.165, 1.54) is 0 Å². The normalized spacial score (nSPS) is 19.4. The smallest absolute Gasteiger partial charge is 0.274 e. The van der Waals surface area contributed by atoms with Crippen molar-refractivity contribution in [3.63, 3.8) is 0 Å². The predicted octanol–water partition coefficient (Wildman–Crippen LogP) is 2.38. The van der Waals surface area contributed by atoms with E-state index in [0.717, 1.165) is 36.2 Å². The maximum absolute atomic E-state index is 13.1. The Kier molecular flexibility index (Phi) is 4.88. The number of hydrogen-bond acceptors (Lipinski definition) is 5. The van der Waals surface area contributed by atoms with Crippen LogP contribution in [0.25, 0.3) is 0 Å². The molecule has 4 heterocycles. The third kappa shape index (κ3) is 3.75. The molecule has 1 N–H and O–H groups in total. The zero-order chi connectivity index (χ0) is 20.8. The van der Waals surface area contributed by atoms with Gasteiger partial charge >= 0.3 is 0 Å². The average molecular weight is 396 g/mol. The Bertz CT molecular complexity index is 945. The van der Waals surface area contributed by atoms with Crippen LogP contribution in [0, 0.1) is 0 Å². The number of aromatic nitrogens is 4. The van der Waals surface area contributed by atoms with E-state index in [2.05, 4.69) is 36.0 Å². The van der Waals surface area contributed by atoms with Gasteiger partial charge in [-0.05, 0) is 18.9 Å². The van der Waals surface area contributed by atoms with Crippen molar-refractivity contribution in [1.29, 1.82) is 0 Å². The van der Waals surface area contributed by atoms with Crippen LogP contribution in [0.2, 0.25) is 0 Å². The van der Waals surface area contributed by atoms with Gasteiger partial charge in [0.25, 0.3) is 5.91 Å². The third-order valence-corrected chi connectivity index (χ3v) is 5.81. The molecule has 0 radical (unpaired) electrons. The highest BCUT2D eigenvalue weighted by atomic mass is 16.2. The van der Waals surface area contributed by atoms with Gasteiger partial charge in [0.15, 0.2) is 5.82 Å².